The van der Waals surface area contributed by atoms with Crippen LogP contribution in [0, 0.1) is 0 Å². The van der Waals surface area contributed by atoms with E-state index in [2.05, 4.69) is 277 Å². The number of hydrogen-bond donors (Lipinski definition) is 0. The largest absolute Gasteiger partial charge is 0.310 e. The molecule has 0 radical (unpaired) electrons. The number of anilines is 3. The quantitative estimate of drug-likeness (QED) is 0.148. The topological polar surface area (TPSA) is 8.17 Å². The van der Waals surface area contributed by atoms with Crippen molar-refractivity contribution in [2.45, 2.75) is 12.3 Å². The van der Waals surface area contributed by atoms with Crippen molar-refractivity contribution in [1.29, 1.82) is 0 Å². The highest BCUT2D eigenvalue weighted by atomic mass is 15.1. The minimum absolute atomic E-state index is 0.358. The number of nitrogens with zero attached hydrogens (tertiary/aromatic N) is 2. The van der Waals surface area contributed by atoms with Crippen LogP contribution in [0.1, 0.15) is 23.6 Å². The van der Waals surface area contributed by atoms with Crippen LogP contribution in [0.2, 0.25) is 0 Å². The first-order valence-corrected chi connectivity index (χ1v) is 23.6. The molecular weight excluding hydrogens is 821 g/mol. The monoisotopic (exact) mass is 866 g/mol. The number of para-hydroxylation sites is 3. The van der Waals surface area contributed by atoms with Crippen LogP contribution >= 0.6 is 0 Å². The van der Waals surface area contributed by atoms with E-state index in [1.165, 1.54) is 77.1 Å². The summed E-state index contributed by atoms with van der Waals surface area (Å²) >= 11 is 0. The van der Waals surface area contributed by atoms with Crippen LogP contribution in [0.3, 0.4) is 0 Å². The predicted molar refractivity (Wildman–Crippen MR) is 287 cm³/mol. The lowest BCUT2D eigenvalue weighted by atomic mass is 9.74. The summed E-state index contributed by atoms with van der Waals surface area (Å²) in [6.07, 6.45) is 0. The van der Waals surface area contributed by atoms with Crippen molar-refractivity contribution in [3.05, 3.63) is 278 Å². The molecule has 68 heavy (non-hydrogen) atoms. The van der Waals surface area contributed by atoms with Gasteiger partial charge in [0.2, 0.25) is 0 Å². The molecule has 1 unspecified atom stereocenters. The third-order valence-electron chi connectivity index (χ3n) is 14.5. The van der Waals surface area contributed by atoms with Gasteiger partial charge >= 0.3 is 0 Å². The molecule has 1 atom stereocenters. The second kappa shape index (κ2) is 16.0. The summed E-state index contributed by atoms with van der Waals surface area (Å²) in [5, 5.41) is 4.94. The van der Waals surface area contributed by atoms with E-state index in [-0.39, 0.29) is 5.41 Å². The highest BCUT2D eigenvalue weighted by Crippen LogP contribution is 2.54. The average molecular weight is 867 g/mol. The molecule has 13 rings (SSSR count). The molecule has 0 aliphatic heterocycles. The molecule has 1 aromatic heterocycles. The van der Waals surface area contributed by atoms with Crippen molar-refractivity contribution < 1.29 is 0 Å². The number of benzene rings is 11. The first-order chi connectivity index (χ1) is 33.6. The Morgan fingerprint density at radius 3 is 1.76 bits per heavy atom. The summed E-state index contributed by atoms with van der Waals surface area (Å²) in [5.74, 6) is 0. The molecule has 320 valence electrons. The maximum atomic E-state index is 2.50. The van der Waals surface area contributed by atoms with Gasteiger partial charge in [0.05, 0.1) is 16.7 Å². The van der Waals surface area contributed by atoms with Crippen molar-refractivity contribution >= 4 is 49.6 Å². The van der Waals surface area contributed by atoms with Gasteiger partial charge < -0.3 is 9.47 Å². The van der Waals surface area contributed by atoms with E-state index in [4.69, 9.17) is 0 Å². The fourth-order valence-electron chi connectivity index (χ4n) is 11.3. The van der Waals surface area contributed by atoms with E-state index >= 15 is 0 Å². The van der Waals surface area contributed by atoms with Crippen LogP contribution in [-0.2, 0) is 5.41 Å². The molecule has 2 heteroatoms. The van der Waals surface area contributed by atoms with Crippen LogP contribution in [-0.4, -0.2) is 4.57 Å². The number of aromatic nitrogens is 1. The Kier molecular flexibility index (Phi) is 9.33. The highest BCUT2D eigenvalue weighted by Gasteiger charge is 2.41. The fraction of sp³-hybridized carbons (Fsp3) is 0.0303. The Hall–Kier alpha value is -8.72. The van der Waals surface area contributed by atoms with Crippen LogP contribution in [0.5, 0.6) is 0 Å². The molecule has 1 aliphatic rings. The SMILES string of the molecule is CC1(c2ccccc2)c2ccccc2-c2ccc(N(c3cccc(-c4ccc5c6ccccc6n(-c6ccccc6)c5c4)c3)c3ccccc3-c3cccc4cccc(-c5ccccc5)c34)cc21. The van der Waals surface area contributed by atoms with E-state index in [1.807, 2.05) is 0 Å². The Labute approximate surface area is 397 Å². The molecule has 1 heterocycles. The van der Waals surface area contributed by atoms with Crippen molar-refractivity contribution in [2.24, 2.45) is 0 Å². The van der Waals surface area contributed by atoms with Gasteiger partial charge in [0.25, 0.3) is 0 Å². The Balaban J connectivity index is 1.04. The third-order valence-corrected chi connectivity index (χ3v) is 14.5. The summed E-state index contributed by atoms with van der Waals surface area (Å²) in [6, 6.07) is 95.9. The van der Waals surface area contributed by atoms with Crippen LogP contribution in [0.25, 0.3) is 82.8 Å². The standard InChI is InChI=1S/C66H46N2/c1-66(49-25-7-3-8-26-49)60-35-14-11-30-54(60)55-41-39-52(44-61(55)66)67(62-36-15-13-32-57(62)59-34-19-23-46-22-18-33-53(65(46)59)45-20-5-2-6-21-45)51-29-17-24-47(42-51)48-38-40-58-56-31-12-16-37-63(56)68(64(58)43-48)50-27-9-4-10-28-50/h2-44H,1H3. The second-order valence-electron chi connectivity index (χ2n) is 18.2. The molecular formula is C66H46N2. The molecule has 0 N–H and O–H groups in total. The molecule has 2 nitrogen and oxygen atoms in total. The maximum Gasteiger partial charge on any atom is 0.0547 e. The Bertz CT molecular complexity index is 3860. The molecule has 0 fully saturated rings. The summed E-state index contributed by atoms with van der Waals surface area (Å²) in [7, 11) is 0. The second-order valence-corrected chi connectivity index (χ2v) is 18.2. The van der Waals surface area contributed by atoms with Crippen LogP contribution in [0.15, 0.2) is 261 Å². The van der Waals surface area contributed by atoms with Gasteiger partial charge in [0.1, 0.15) is 0 Å². The van der Waals surface area contributed by atoms with Gasteiger partial charge in [-0.3, -0.25) is 0 Å². The molecule has 0 bridgehead atoms. The van der Waals surface area contributed by atoms with E-state index in [0.29, 0.717) is 0 Å². The molecule has 0 amide bonds. The van der Waals surface area contributed by atoms with Gasteiger partial charge in [-0.1, -0.05) is 206 Å². The Morgan fingerprint density at radius 2 is 0.941 bits per heavy atom. The van der Waals surface area contributed by atoms with E-state index in [1.54, 1.807) is 0 Å². The first kappa shape index (κ1) is 39.6. The van der Waals surface area contributed by atoms with Crippen LogP contribution in [0.4, 0.5) is 17.1 Å². The zero-order valence-corrected chi connectivity index (χ0v) is 37.7. The zero-order valence-electron chi connectivity index (χ0n) is 37.7. The van der Waals surface area contributed by atoms with Gasteiger partial charge in [-0.25, -0.2) is 0 Å². The normalized spacial score (nSPS) is 14.0. The zero-order chi connectivity index (χ0) is 45.2. The van der Waals surface area contributed by atoms with Crippen molar-refractivity contribution in [3.63, 3.8) is 0 Å². The average Bonchev–Trinajstić information content (AvgIpc) is 3.88. The molecule has 0 saturated carbocycles. The molecule has 11 aromatic carbocycles. The van der Waals surface area contributed by atoms with E-state index < -0.39 is 0 Å². The van der Waals surface area contributed by atoms with Crippen LogP contribution < -0.4 is 4.90 Å². The summed E-state index contributed by atoms with van der Waals surface area (Å²) in [4.78, 5) is 2.50. The smallest absolute Gasteiger partial charge is 0.0547 e. The van der Waals surface area contributed by atoms with Crippen molar-refractivity contribution in [2.75, 3.05) is 4.90 Å². The lowest BCUT2D eigenvalue weighted by Gasteiger charge is -2.32. The number of fused-ring (bicyclic) bond motifs is 7. The van der Waals surface area contributed by atoms with E-state index in [0.717, 1.165) is 39.4 Å². The van der Waals surface area contributed by atoms with E-state index in [9.17, 15) is 0 Å². The minimum Gasteiger partial charge on any atom is -0.310 e. The number of rotatable bonds is 8. The lowest BCUT2D eigenvalue weighted by molar-refractivity contribution is 0.714. The van der Waals surface area contributed by atoms with Gasteiger partial charge in [0, 0.05) is 38.8 Å². The van der Waals surface area contributed by atoms with Gasteiger partial charge in [-0.15, -0.1) is 0 Å². The van der Waals surface area contributed by atoms with Gasteiger partial charge in [-0.2, -0.15) is 0 Å². The third kappa shape index (κ3) is 6.26. The number of hydrogen-bond acceptors (Lipinski definition) is 1. The van der Waals surface area contributed by atoms with Crippen molar-refractivity contribution in [1.82, 2.24) is 4.57 Å². The molecule has 12 aromatic rings. The summed E-state index contributed by atoms with van der Waals surface area (Å²) in [5.41, 5.74) is 20.1. The molecule has 1 aliphatic carbocycles. The predicted octanol–water partition coefficient (Wildman–Crippen LogP) is 17.7. The van der Waals surface area contributed by atoms with Gasteiger partial charge in [0.15, 0.2) is 0 Å². The summed E-state index contributed by atoms with van der Waals surface area (Å²) in [6.45, 7) is 2.40. The highest BCUT2D eigenvalue weighted by molar-refractivity contribution is 6.11. The van der Waals surface area contributed by atoms with Crippen molar-refractivity contribution in [3.8, 4) is 50.2 Å². The Morgan fingerprint density at radius 1 is 0.353 bits per heavy atom. The molecule has 0 saturated heterocycles. The first-order valence-electron chi connectivity index (χ1n) is 23.6. The fourth-order valence-corrected chi connectivity index (χ4v) is 11.3. The maximum absolute atomic E-state index is 2.50. The van der Waals surface area contributed by atoms with Gasteiger partial charge in [-0.05, 0) is 128 Å². The summed E-state index contributed by atoms with van der Waals surface area (Å²) < 4.78 is 2.40. The minimum atomic E-state index is -0.358. The lowest BCUT2D eigenvalue weighted by Crippen LogP contribution is -2.22. The molecule has 0 spiro atoms.